The second-order valence-corrected chi connectivity index (χ2v) is 5.01. The Morgan fingerprint density at radius 3 is 2.57 bits per heavy atom. The van der Waals surface area contributed by atoms with E-state index in [0.29, 0.717) is 5.71 Å². The molecule has 6 heteroatoms. The Labute approximate surface area is 122 Å². The van der Waals surface area contributed by atoms with Crippen LogP contribution in [0.25, 0.3) is 0 Å². The van der Waals surface area contributed by atoms with Crippen molar-refractivity contribution in [2.45, 2.75) is 26.7 Å². The lowest BCUT2D eigenvalue weighted by Gasteiger charge is -2.01. The van der Waals surface area contributed by atoms with Crippen molar-refractivity contribution in [3.05, 3.63) is 53.1 Å². The first kappa shape index (κ1) is 14.9. The first-order valence-electron chi connectivity index (χ1n) is 6.63. The van der Waals surface area contributed by atoms with Crippen molar-refractivity contribution in [1.29, 1.82) is 0 Å². The predicted molar refractivity (Wildman–Crippen MR) is 78.8 cm³/mol. The molecule has 1 amide bonds. The summed E-state index contributed by atoms with van der Waals surface area (Å²) in [7, 11) is 0. The maximum absolute atomic E-state index is 12.8. The minimum absolute atomic E-state index is 0.267. The summed E-state index contributed by atoms with van der Waals surface area (Å²) in [5.41, 5.74) is 4.94. The molecule has 0 aliphatic rings. The second kappa shape index (κ2) is 6.30. The molecule has 21 heavy (non-hydrogen) atoms. The van der Waals surface area contributed by atoms with E-state index in [4.69, 9.17) is 0 Å². The Hall–Kier alpha value is -2.50. The van der Waals surface area contributed by atoms with Crippen molar-refractivity contribution >= 4 is 11.6 Å². The number of nitrogens with one attached hydrogen (secondary N) is 2. The van der Waals surface area contributed by atoms with E-state index in [1.54, 1.807) is 25.1 Å². The molecule has 2 N–H and O–H groups in total. The van der Waals surface area contributed by atoms with E-state index in [1.807, 2.05) is 13.8 Å². The fraction of sp³-hybridized carbons (Fsp3) is 0.267. The van der Waals surface area contributed by atoms with Gasteiger partial charge in [0.25, 0.3) is 5.91 Å². The number of carbonyl (C=O) groups excluding carboxylic acids is 1. The highest BCUT2D eigenvalue weighted by molar-refractivity contribution is 6.00. The van der Waals surface area contributed by atoms with Gasteiger partial charge in [0.15, 0.2) is 5.69 Å². The van der Waals surface area contributed by atoms with Crippen molar-refractivity contribution < 1.29 is 9.18 Å². The number of halogens is 1. The van der Waals surface area contributed by atoms with Crippen LogP contribution in [0.1, 0.15) is 48.4 Å². The number of H-pyrrole nitrogens is 1. The van der Waals surface area contributed by atoms with Crippen LogP contribution in [0.4, 0.5) is 4.39 Å². The normalized spacial score (nSPS) is 11.8. The Bertz CT molecular complexity index is 659. The number of nitrogens with zero attached hydrogens (tertiary/aromatic N) is 2. The molecule has 0 unspecified atom stereocenters. The summed E-state index contributed by atoms with van der Waals surface area (Å²) in [6.45, 7) is 5.75. The number of rotatable bonds is 4. The summed E-state index contributed by atoms with van der Waals surface area (Å²) in [4.78, 5) is 11.9. The highest BCUT2D eigenvalue weighted by Gasteiger charge is 2.11. The van der Waals surface area contributed by atoms with Gasteiger partial charge >= 0.3 is 0 Å². The van der Waals surface area contributed by atoms with Crippen molar-refractivity contribution in [1.82, 2.24) is 15.6 Å². The number of carbonyl (C=O) groups is 1. The van der Waals surface area contributed by atoms with Crippen molar-refractivity contribution in [3.8, 4) is 0 Å². The fourth-order valence-corrected chi connectivity index (χ4v) is 1.70. The topological polar surface area (TPSA) is 70.1 Å². The molecule has 0 saturated heterocycles. The molecule has 0 radical (unpaired) electrons. The van der Waals surface area contributed by atoms with Gasteiger partial charge in [-0.3, -0.25) is 9.89 Å². The van der Waals surface area contributed by atoms with Gasteiger partial charge < -0.3 is 0 Å². The molecule has 1 aromatic heterocycles. The highest BCUT2D eigenvalue weighted by atomic mass is 19.1. The average Bonchev–Trinajstić information content (AvgIpc) is 2.95. The molecule has 0 aliphatic heterocycles. The number of hydrogen-bond donors (Lipinski definition) is 2. The van der Waals surface area contributed by atoms with E-state index in [2.05, 4.69) is 20.7 Å². The molecule has 1 heterocycles. The van der Waals surface area contributed by atoms with Crippen LogP contribution in [0.2, 0.25) is 0 Å². The van der Waals surface area contributed by atoms with Crippen molar-refractivity contribution in [2.75, 3.05) is 0 Å². The van der Waals surface area contributed by atoms with E-state index in [-0.39, 0.29) is 23.3 Å². The Kier molecular flexibility index (Phi) is 4.47. The quantitative estimate of drug-likeness (QED) is 0.671. The van der Waals surface area contributed by atoms with Gasteiger partial charge in [0.05, 0.1) is 5.71 Å². The van der Waals surface area contributed by atoms with Crippen LogP contribution >= 0.6 is 0 Å². The van der Waals surface area contributed by atoms with Gasteiger partial charge in [-0.15, -0.1) is 0 Å². The van der Waals surface area contributed by atoms with Crippen molar-refractivity contribution in [3.63, 3.8) is 0 Å². The first-order chi connectivity index (χ1) is 9.97. The second-order valence-electron chi connectivity index (χ2n) is 5.01. The molecule has 0 fully saturated rings. The Balaban J connectivity index is 2.05. The Morgan fingerprint density at radius 2 is 2.00 bits per heavy atom. The molecule has 2 rings (SSSR count). The molecular formula is C15H17FN4O. The third kappa shape index (κ3) is 3.75. The van der Waals surface area contributed by atoms with E-state index in [1.165, 1.54) is 12.1 Å². The maximum atomic E-state index is 12.8. The molecule has 0 saturated carbocycles. The van der Waals surface area contributed by atoms with Crippen LogP contribution in [0.3, 0.4) is 0 Å². The number of benzene rings is 1. The number of aromatic nitrogens is 2. The van der Waals surface area contributed by atoms with Crippen LogP contribution in [0.15, 0.2) is 35.4 Å². The molecule has 0 spiro atoms. The molecule has 110 valence electrons. The molecule has 0 atom stereocenters. The van der Waals surface area contributed by atoms with Crippen LogP contribution in [0.5, 0.6) is 0 Å². The zero-order valence-corrected chi connectivity index (χ0v) is 12.1. The minimum atomic E-state index is -0.389. The lowest BCUT2D eigenvalue weighted by atomic mass is 10.1. The van der Waals surface area contributed by atoms with Gasteiger partial charge in [-0.2, -0.15) is 10.2 Å². The summed E-state index contributed by atoms with van der Waals surface area (Å²) in [5, 5.41) is 10.7. The fourth-order valence-electron chi connectivity index (χ4n) is 1.70. The summed E-state index contributed by atoms with van der Waals surface area (Å²) in [6, 6.07) is 7.60. The zero-order chi connectivity index (χ0) is 15.4. The van der Waals surface area contributed by atoms with Gasteiger partial charge in [0, 0.05) is 5.69 Å². The summed E-state index contributed by atoms with van der Waals surface area (Å²) in [6.07, 6.45) is 0. The third-order valence-electron chi connectivity index (χ3n) is 3.04. The van der Waals surface area contributed by atoms with Gasteiger partial charge in [-0.25, -0.2) is 9.82 Å². The van der Waals surface area contributed by atoms with E-state index in [0.717, 1.165) is 11.3 Å². The minimum Gasteiger partial charge on any atom is -0.282 e. The van der Waals surface area contributed by atoms with Gasteiger partial charge in [-0.1, -0.05) is 26.0 Å². The molecule has 0 aliphatic carbocycles. The average molecular weight is 288 g/mol. The Morgan fingerprint density at radius 1 is 1.33 bits per heavy atom. The number of aromatic amines is 1. The van der Waals surface area contributed by atoms with Crippen LogP contribution in [0, 0.1) is 5.82 Å². The largest absolute Gasteiger partial charge is 0.291 e. The SMILES string of the molecule is CC(=NNC(=O)c1cc(C(C)C)[nH]n1)c1ccc(F)cc1. The number of amides is 1. The summed E-state index contributed by atoms with van der Waals surface area (Å²) in [5.74, 6) is -0.434. The predicted octanol–water partition coefficient (Wildman–Crippen LogP) is 2.83. The lowest BCUT2D eigenvalue weighted by Crippen LogP contribution is -2.19. The number of hydrogen-bond acceptors (Lipinski definition) is 3. The maximum Gasteiger partial charge on any atom is 0.291 e. The third-order valence-corrected chi connectivity index (χ3v) is 3.04. The molecule has 1 aromatic carbocycles. The first-order valence-corrected chi connectivity index (χ1v) is 6.63. The molecular weight excluding hydrogens is 271 g/mol. The monoisotopic (exact) mass is 288 g/mol. The molecule has 2 aromatic rings. The zero-order valence-electron chi connectivity index (χ0n) is 12.1. The molecule has 5 nitrogen and oxygen atoms in total. The van der Waals surface area contributed by atoms with Gasteiger partial charge in [0.1, 0.15) is 5.82 Å². The van der Waals surface area contributed by atoms with E-state index in [9.17, 15) is 9.18 Å². The van der Waals surface area contributed by atoms with Crippen LogP contribution in [-0.2, 0) is 0 Å². The molecule has 0 bridgehead atoms. The van der Waals surface area contributed by atoms with Crippen molar-refractivity contribution in [2.24, 2.45) is 5.10 Å². The number of hydrazone groups is 1. The lowest BCUT2D eigenvalue weighted by molar-refractivity contribution is 0.0950. The van der Waals surface area contributed by atoms with Crippen LogP contribution in [-0.4, -0.2) is 21.8 Å². The van der Waals surface area contributed by atoms with E-state index >= 15 is 0 Å². The van der Waals surface area contributed by atoms with Gasteiger partial charge in [0.2, 0.25) is 0 Å². The van der Waals surface area contributed by atoms with E-state index < -0.39 is 0 Å². The highest BCUT2D eigenvalue weighted by Crippen LogP contribution is 2.11. The summed E-state index contributed by atoms with van der Waals surface area (Å²) >= 11 is 0. The standard InChI is InChI=1S/C15H17FN4O/c1-9(2)13-8-14(19-18-13)15(21)20-17-10(3)11-4-6-12(16)7-5-11/h4-9H,1-3H3,(H,18,19)(H,20,21). The van der Waals surface area contributed by atoms with Gasteiger partial charge in [-0.05, 0) is 36.6 Å². The smallest absolute Gasteiger partial charge is 0.282 e. The van der Waals surface area contributed by atoms with Crippen LogP contribution < -0.4 is 5.43 Å². The summed E-state index contributed by atoms with van der Waals surface area (Å²) < 4.78 is 12.8.